The number of carbonyl (C=O) groups excluding carboxylic acids is 2. The standard InChI is InChI=1S/C24H24N2O8/c1-33-23(31)17(11-13-3-7-15(27)8-4-13)25-19-20(22(30)21(19)29)26-18(24(32)34-2)12-14-5-9-16(28)10-6-14/h3-10,17-18,25-28H,11-12H2,1-2H3. The van der Waals surface area contributed by atoms with Gasteiger partial charge < -0.3 is 30.3 Å². The Labute approximate surface area is 194 Å². The van der Waals surface area contributed by atoms with Crippen LogP contribution in [0.3, 0.4) is 0 Å². The van der Waals surface area contributed by atoms with Crippen LogP contribution in [-0.2, 0) is 31.9 Å². The molecule has 10 nitrogen and oxygen atoms in total. The minimum atomic E-state index is -1.01. The molecule has 0 fully saturated rings. The number of hydrogen-bond donors (Lipinski definition) is 4. The van der Waals surface area contributed by atoms with E-state index in [1.165, 1.54) is 38.5 Å². The van der Waals surface area contributed by atoms with E-state index < -0.39 is 34.9 Å². The van der Waals surface area contributed by atoms with Crippen molar-refractivity contribution in [3.63, 3.8) is 0 Å². The summed E-state index contributed by atoms with van der Waals surface area (Å²) in [6, 6.07) is 10.3. The largest absolute Gasteiger partial charge is 0.508 e. The zero-order chi connectivity index (χ0) is 24.8. The molecule has 4 N–H and O–H groups in total. The van der Waals surface area contributed by atoms with E-state index >= 15 is 0 Å². The van der Waals surface area contributed by atoms with Gasteiger partial charge in [-0.15, -0.1) is 0 Å². The highest BCUT2D eigenvalue weighted by Crippen LogP contribution is 2.21. The fourth-order valence-electron chi connectivity index (χ4n) is 3.42. The van der Waals surface area contributed by atoms with Crippen molar-refractivity contribution in [2.75, 3.05) is 24.9 Å². The van der Waals surface area contributed by atoms with Gasteiger partial charge in [-0.3, -0.25) is 9.59 Å². The highest BCUT2D eigenvalue weighted by atomic mass is 16.5. The molecular formula is C24H24N2O8. The van der Waals surface area contributed by atoms with Crippen molar-refractivity contribution >= 4 is 23.3 Å². The molecule has 0 bridgehead atoms. The SMILES string of the molecule is COC(=O)C(Cc1ccc(O)cc1)Nc1c(NC(Cc2ccc(O)cc2)C(=O)OC)c(=O)c1=O. The van der Waals surface area contributed by atoms with Gasteiger partial charge in [0.15, 0.2) is 0 Å². The second kappa shape index (κ2) is 10.5. The van der Waals surface area contributed by atoms with Crippen LogP contribution in [0, 0.1) is 0 Å². The molecule has 10 heteroatoms. The summed E-state index contributed by atoms with van der Waals surface area (Å²) < 4.78 is 9.63. The third kappa shape index (κ3) is 5.52. The molecule has 34 heavy (non-hydrogen) atoms. The number of methoxy groups -OCH3 is 2. The molecule has 3 rings (SSSR count). The lowest BCUT2D eigenvalue weighted by Gasteiger charge is -2.24. The van der Waals surface area contributed by atoms with Gasteiger partial charge in [0.25, 0.3) is 10.9 Å². The van der Waals surface area contributed by atoms with Crippen molar-refractivity contribution in [3.05, 3.63) is 80.1 Å². The van der Waals surface area contributed by atoms with Gasteiger partial charge >= 0.3 is 11.9 Å². The normalized spacial score (nSPS) is 12.5. The number of benzene rings is 2. The van der Waals surface area contributed by atoms with Gasteiger partial charge in [-0.1, -0.05) is 24.3 Å². The third-order valence-corrected chi connectivity index (χ3v) is 5.27. The summed E-state index contributed by atoms with van der Waals surface area (Å²) >= 11 is 0. The summed E-state index contributed by atoms with van der Waals surface area (Å²) in [5.74, 6) is -1.22. The first-order valence-electron chi connectivity index (χ1n) is 10.3. The predicted octanol–water partition coefficient (Wildman–Crippen LogP) is 1.09. The number of anilines is 2. The Morgan fingerprint density at radius 2 is 1.03 bits per heavy atom. The Balaban J connectivity index is 1.83. The van der Waals surface area contributed by atoms with Gasteiger partial charge in [0.1, 0.15) is 35.0 Å². The highest BCUT2D eigenvalue weighted by molar-refractivity contribution is 5.86. The second-order valence-corrected chi connectivity index (χ2v) is 7.59. The maximum Gasteiger partial charge on any atom is 0.328 e. The quantitative estimate of drug-likeness (QED) is 0.251. The van der Waals surface area contributed by atoms with Gasteiger partial charge in [-0.25, -0.2) is 9.59 Å². The number of nitrogens with one attached hydrogen (secondary N) is 2. The number of esters is 2. The predicted molar refractivity (Wildman–Crippen MR) is 124 cm³/mol. The van der Waals surface area contributed by atoms with Crippen molar-refractivity contribution in [2.24, 2.45) is 0 Å². The molecule has 0 saturated heterocycles. The van der Waals surface area contributed by atoms with Crippen molar-refractivity contribution in [1.82, 2.24) is 0 Å². The summed E-state index contributed by atoms with van der Waals surface area (Å²) in [7, 11) is 2.39. The van der Waals surface area contributed by atoms with Crippen LogP contribution in [0.2, 0.25) is 0 Å². The molecule has 0 aliphatic heterocycles. The van der Waals surface area contributed by atoms with E-state index in [9.17, 15) is 29.4 Å². The summed E-state index contributed by atoms with van der Waals surface area (Å²) in [6.07, 6.45) is 0.221. The zero-order valence-electron chi connectivity index (χ0n) is 18.5. The van der Waals surface area contributed by atoms with Gasteiger partial charge in [0, 0.05) is 12.8 Å². The molecule has 3 aromatic rings. The first-order valence-corrected chi connectivity index (χ1v) is 10.3. The molecule has 0 heterocycles. The molecule has 2 unspecified atom stereocenters. The number of phenols is 2. The minimum Gasteiger partial charge on any atom is -0.508 e. The average Bonchev–Trinajstić information content (AvgIpc) is 2.85. The number of aromatic hydroxyl groups is 2. The summed E-state index contributed by atoms with van der Waals surface area (Å²) in [4.78, 5) is 49.2. The number of phenolic OH excluding ortho intramolecular Hbond substituents is 2. The monoisotopic (exact) mass is 468 g/mol. The fourth-order valence-corrected chi connectivity index (χ4v) is 3.42. The molecular weight excluding hydrogens is 444 g/mol. The lowest BCUT2D eigenvalue weighted by atomic mass is 10.0. The van der Waals surface area contributed by atoms with Gasteiger partial charge in [0.2, 0.25) is 0 Å². The van der Waals surface area contributed by atoms with E-state index in [2.05, 4.69) is 10.6 Å². The molecule has 0 saturated carbocycles. The van der Waals surface area contributed by atoms with E-state index in [-0.39, 0.29) is 35.7 Å². The van der Waals surface area contributed by atoms with E-state index in [0.717, 1.165) is 0 Å². The lowest BCUT2D eigenvalue weighted by Crippen LogP contribution is -2.45. The van der Waals surface area contributed by atoms with Crippen molar-refractivity contribution in [2.45, 2.75) is 24.9 Å². The Morgan fingerprint density at radius 1 is 0.706 bits per heavy atom. The minimum absolute atomic E-state index is 0.0581. The maximum absolute atomic E-state index is 12.3. The smallest absolute Gasteiger partial charge is 0.328 e. The van der Waals surface area contributed by atoms with Crippen molar-refractivity contribution in [3.8, 4) is 11.5 Å². The van der Waals surface area contributed by atoms with Crippen LogP contribution < -0.4 is 21.5 Å². The van der Waals surface area contributed by atoms with Crippen LogP contribution in [0.4, 0.5) is 11.4 Å². The fraction of sp³-hybridized carbons (Fsp3) is 0.250. The first kappa shape index (κ1) is 24.3. The second-order valence-electron chi connectivity index (χ2n) is 7.59. The van der Waals surface area contributed by atoms with Crippen molar-refractivity contribution in [1.29, 1.82) is 0 Å². The van der Waals surface area contributed by atoms with E-state index in [0.29, 0.717) is 11.1 Å². The van der Waals surface area contributed by atoms with Gasteiger partial charge in [-0.05, 0) is 35.4 Å². The molecule has 0 aliphatic rings. The highest BCUT2D eigenvalue weighted by Gasteiger charge is 2.30. The summed E-state index contributed by atoms with van der Waals surface area (Å²) in [5, 5.41) is 24.4. The van der Waals surface area contributed by atoms with Crippen LogP contribution in [0.15, 0.2) is 58.1 Å². The Kier molecular flexibility index (Phi) is 7.52. The molecule has 0 amide bonds. The van der Waals surface area contributed by atoms with Gasteiger partial charge in [0.05, 0.1) is 14.2 Å². The molecule has 2 atom stereocenters. The molecule has 0 radical (unpaired) electrons. The van der Waals surface area contributed by atoms with Crippen LogP contribution in [-0.4, -0.2) is 48.5 Å². The summed E-state index contributed by atoms with van der Waals surface area (Å²) in [5.41, 5.74) is -0.606. The van der Waals surface area contributed by atoms with Gasteiger partial charge in [-0.2, -0.15) is 0 Å². The Bertz CT molecular complexity index is 1130. The van der Waals surface area contributed by atoms with Crippen LogP contribution in [0.5, 0.6) is 11.5 Å². The number of hydrogen-bond acceptors (Lipinski definition) is 10. The average molecular weight is 468 g/mol. The van der Waals surface area contributed by atoms with E-state index in [1.807, 2.05) is 0 Å². The first-order chi connectivity index (χ1) is 16.2. The van der Waals surface area contributed by atoms with Crippen molar-refractivity contribution < 1.29 is 29.3 Å². The van der Waals surface area contributed by atoms with Crippen LogP contribution in [0.1, 0.15) is 11.1 Å². The van der Waals surface area contributed by atoms with E-state index in [4.69, 9.17) is 9.47 Å². The Morgan fingerprint density at radius 3 is 1.32 bits per heavy atom. The topological polar surface area (TPSA) is 151 Å². The molecule has 0 spiro atoms. The summed E-state index contributed by atoms with van der Waals surface area (Å²) in [6.45, 7) is 0. The Hall–Kier alpha value is -4.34. The maximum atomic E-state index is 12.3. The zero-order valence-corrected chi connectivity index (χ0v) is 18.5. The molecule has 0 aromatic heterocycles. The van der Waals surface area contributed by atoms with Crippen LogP contribution in [0.25, 0.3) is 0 Å². The third-order valence-electron chi connectivity index (χ3n) is 5.27. The number of carbonyl (C=O) groups is 2. The number of ether oxygens (including phenoxy) is 2. The van der Waals surface area contributed by atoms with E-state index in [1.54, 1.807) is 24.3 Å². The lowest BCUT2D eigenvalue weighted by molar-refractivity contribution is -0.142. The molecule has 0 aliphatic carbocycles. The molecule has 3 aromatic carbocycles. The van der Waals surface area contributed by atoms with Crippen LogP contribution >= 0.6 is 0 Å². The number of rotatable bonds is 10. The molecule has 178 valence electrons.